The number of ether oxygens (including phenoxy) is 1. The number of carbonyl (C=O) groups is 5. The molecule has 0 radical (unpaired) electrons. The number of nitrogens with one attached hydrogen (secondary N) is 2. The molecule has 0 spiro atoms. The van der Waals surface area contributed by atoms with Crippen molar-refractivity contribution in [2.75, 3.05) is 23.9 Å². The second kappa shape index (κ2) is 10.7. The van der Waals surface area contributed by atoms with Gasteiger partial charge < -0.3 is 10.1 Å². The molecule has 0 saturated heterocycles. The summed E-state index contributed by atoms with van der Waals surface area (Å²) in [5, 5.41) is 4.07. The summed E-state index contributed by atoms with van der Waals surface area (Å²) in [5.74, 6) is -3.40. The van der Waals surface area contributed by atoms with Gasteiger partial charge in [0.15, 0.2) is 6.61 Å². The molecule has 3 rings (SSSR count). The van der Waals surface area contributed by atoms with E-state index in [1.165, 1.54) is 42.1 Å². The van der Waals surface area contributed by atoms with Crippen LogP contribution in [-0.4, -0.2) is 59.3 Å². The van der Waals surface area contributed by atoms with Gasteiger partial charge in [-0.25, -0.2) is 14.0 Å². The van der Waals surface area contributed by atoms with Gasteiger partial charge in [-0.15, -0.1) is 0 Å². The Labute approximate surface area is 192 Å². The lowest BCUT2D eigenvalue weighted by Gasteiger charge is -2.24. The van der Waals surface area contributed by atoms with E-state index in [1.54, 1.807) is 18.4 Å². The van der Waals surface area contributed by atoms with Crippen LogP contribution in [0.4, 0.5) is 14.9 Å². The van der Waals surface area contributed by atoms with E-state index in [0.29, 0.717) is 5.75 Å². The number of nitrogens with zero attached hydrogens (tertiary/aromatic N) is 1. The van der Waals surface area contributed by atoms with E-state index < -0.39 is 48.2 Å². The zero-order chi connectivity index (χ0) is 24.0. The minimum Gasteiger partial charge on any atom is -0.454 e. The molecule has 1 aliphatic rings. The fourth-order valence-electron chi connectivity index (χ4n) is 3.18. The number of para-hydroxylation sites is 1. The van der Waals surface area contributed by atoms with Crippen molar-refractivity contribution in [1.29, 1.82) is 0 Å². The average molecular weight is 473 g/mol. The monoisotopic (exact) mass is 473 g/mol. The molecule has 0 saturated carbocycles. The molecule has 9 nitrogen and oxygen atoms in total. The first kappa shape index (κ1) is 23.9. The zero-order valence-corrected chi connectivity index (χ0v) is 18.3. The molecule has 33 heavy (non-hydrogen) atoms. The third-order valence-corrected chi connectivity index (χ3v) is 5.37. The Morgan fingerprint density at radius 3 is 2.24 bits per heavy atom. The van der Waals surface area contributed by atoms with Crippen molar-refractivity contribution in [1.82, 2.24) is 10.2 Å². The van der Waals surface area contributed by atoms with Crippen LogP contribution in [0.5, 0.6) is 0 Å². The van der Waals surface area contributed by atoms with Crippen LogP contribution in [0.15, 0.2) is 48.5 Å². The maximum Gasteiger partial charge on any atom is 0.329 e. The second-order valence-electron chi connectivity index (χ2n) is 6.91. The Morgan fingerprint density at radius 1 is 1.03 bits per heavy atom. The summed E-state index contributed by atoms with van der Waals surface area (Å²) < 4.78 is 18.6. The van der Waals surface area contributed by atoms with Crippen LogP contribution in [0.3, 0.4) is 0 Å². The molecule has 0 aliphatic carbocycles. The number of amides is 5. The highest BCUT2D eigenvalue weighted by atomic mass is 32.2. The second-order valence-corrected chi connectivity index (χ2v) is 7.90. The Bertz CT molecular complexity index is 1070. The van der Waals surface area contributed by atoms with E-state index in [0.717, 1.165) is 11.0 Å². The predicted molar refractivity (Wildman–Crippen MR) is 118 cm³/mol. The average Bonchev–Trinajstić information content (AvgIpc) is 3.05. The van der Waals surface area contributed by atoms with Gasteiger partial charge in [0, 0.05) is 0 Å². The number of imide groups is 2. The van der Waals surface area contributed by atoms with Crippen LogP contribution in [0.25, 0.3) is 0 Å². The number of fused-ring (bicyclic) bond motifs is 1. The highest BCUT2D eigenvalue weighted by Gasteiger charge is 2.43. The first-order valence-electron chi connectivity index (χ1n) is 9.81. The van der Waals surface area contributed by atoms with Gasteiger partial charge in [-0.05, 0) is 42.7 Å². The molecule has 0 fully saturated rings. The van der Waals surface area contributed by atoms with Crippen LogP contribution < -0.4 is 10.6 Å². The number of thioether (sulfide) groups is 1. The number of anilines is 1. The summed E-state index contributed by atoms with van der Waals surface area (Å²) >= 11 is 1.41. The van der Waals surface area contributed by atoms with Crippen molar-refractivity contribution in [2.45, 2.75) is 12.5 Å². The van der Waals surface area contributed by atoms with Crippen LogP contribution >= 0.6 is 11.8 Å². The molecular formula is C22H20FN3O6S. The lowest BCUT2D eigenvalue weighted by atomic mass is 10.1. The summed E-state index contributed by atoms with van der Waals surface area (Å²) in [7, 11) is 0. The highest BCUT2D eigenvalue weighted by Crippen LogP contribution is 2.26. The molecule has 0 bridgehead atoms. The van der Waals surface area contributed by atoms with Gasteiger partial charge in [-0.1, -0.05) is 24.3 Å². The molecule has 172 valence electrons. The van der Waals surface area contributed by atoms with Gasteiger partial charge in [0.05, 0.1) is 16.8 Å². The van der Waals surface area contributed by atoms with Crippen molar-refractivity contribution in [3.05, 3.63) is 65.5 Å². The number of urea groups is 1. The Hall–Kier alpha value is -3.73. The van der Waals surface area contributed by atoms with Crippen molar-refractivity contribution >= 4 is 47.2 Å². The van der Waals surface area contributed by atoms with E-state index in [4.69, 9.17) is 4.74 Å². The number of hydrogen-bond acceptors (Lipinski definition) is 7. The lowest BCUT2D eigenvalue weighted by Crippen LogP contribution is -2.47. The maximum atomic E-state index is 13.6. The molecule has 2 N–H and O–H groups in total. The Balaban J connectivity index is 1.61. The Morgan fingerprint density at radius 2 is 1.64 bits per heavy atom. The first-order chi connectivity index (χ1) is 15.8. The minimum atomic E-state index is -1.23. The predicted octanol–water partition coefficient (Wildman–Crippen LogP) is 2.43. The lowest BCUT2D eigenvalue weighted by molar-refractivity contribution is -0.152. The fraction of sp³-hybridized carbons (Fsp3) is 0.227. The van der Waals surface area contributed by atoms with E-state index in [2.05, 4.69) is 5.32 Å². The quantitative estimate of drug-likeness (QED) is 0.446. The summed E-state index contributed by atoms with van der Waals surface area (Å²) in [4.78, 5) is 62.9. The van der Waals surface area contributed by atoms with Gasteiger partial charge in [0.1, 0.15) is 11.9 Å². The van der Waals surface area contributed by atoms with E-state index in [1.807, 2.05) is 5.32 Å². The van der Waals surface area contributed by atoms with Crippen molar-refractivity contribution in [3.63, 3.8) is 0 Å². The molecule has 5 amide bonds. The zero-order valence-electron chi connectivity index (χ0n) is 17.5. The third kappa shape index (κ3) is 5.55. The van der Waals surface area contributed by atoms with Gasteiger partial charge >= 0.3 is 12.0 Å². The van der Waals surface area contributed by atoms with Gasteiger partial charge in [-0.2, -0.15) is 11.8 Å². The molecular weight excluding hydrogens is 453 g/mol. The smallest absolute Gasteiger partial charge is 0.329 e. The number of benzene rings is 2. The number of halogens is 1. The maximum absolute atomic E-state index is 13.6. The fourth-order valence-corrected chi connectivity index (χ4v) is 3.64. The Kier molecular flexibility index (Phi) is 7.78. The molecule has 11 heteroatoms. The molecule has 2 aromatic rings. The van der Waals surface area contributed by atoms with Gasteiger partial charge in [-0.3, -0.25) is 24.6 Å². The molecule has 1 heterocycles. The standard InChI is InChI=1S/C22H20FN3O6S/c1-33-11-10-17(26-19(28)13-6-2-3-7-14(13)20(26)29)21(30)32-12-18(27)25-22(31)24-16-9-5-4-8-15(16)23/h2-9,17H,10-12H2,1H3,(H2,24,25,27,31)/t17-/m1/s1. The van der Waals surface area contributed by atoms with E-state index in [9.17, 15) is 28.4 Å². The summed E-state index contributed by atoms with van der Waals surface area (Å²) in [6.07, 6.45) is 1.92. The summed E-state index contributed by atoms with van der Waals surface area (Å²) in [5.41, 5.74) is 0.238. The van der Waals surface area contributed by atoms with Crippen LogP contribution in [-0.2, 0) is 14.3 Å². The summed E-state index contributed by atoms with van der Waals surface area (Å²) in [6.45, 7) is -0.831. The van der Waals surface area contributed by atoms with E-state index >= 15 is 0 Å². The largest absolute Gasteiger partial charge is 0.454 e. The number of rotatable bonds is 8. The molecule has 0 unspecified atom stereocenters. The van der Waals surface area contributed by atoms with Crippen LogP contribution in [0.2, 0.25) is 0 Å². The highest BCUT2D eigenvalue weighted by molar-refractivity contribution is 7.98. The van der Waals surface area contributed by atoms with Crippen molar-refractivity contribution in [3.8, 4) is 0 Å². The van der Waals surface area contributed by atoms with Gasteiger partial charge in [0.25, 0.3) is 17.7 Å². The topological polar surface area (TPSA) is 122 Å². The number of esters is 1. The minimum absolute atomic E-state index is 0.126. The van der Waals surface area contributed by atoms with Crippen molar-refractivity contribution in [2.24, 2.45) is 0 Å². The van der Waals surface area contributed by atoms with Crippen LogP contribution in [0.1, 0.15) is 27.1 Å². The van der Waals surface area contributed by atoms with Crippen molar-refractivity contribution < 1.29 is 33.1 Å². The summed E-state index contributed by atoms with van der Waals surface area (Å²) in [6, 6.07) is 9.33. The molecule has 0 aromatic heterocycles. The SMILES string of the molecule is CSCC[C@H](C(=O)OCC(=O)NC(=O)Nc1ccccc1F)N1C(=O)c2ccccc2C1=O. The molecule has 1 aliphatic heterocycles. The first-order valence-corrected chi connectivity index (χ1v) is 11.2. The normalized spacial score (nSPS) is 13.3. The van der Waals surface area contributed by atoms with Crippen LogP contribution in [0, 0.1) is 5.82 Å². The van der Waals surface area contributed by atoms with Gasteiger partial charge in [0.2, 0.25) is 0 Å². The number of hydrogen-bond donors (Lipinski definition) is 2. The number of carbonyl (C=O) groups excluding carboxylic acids is 5. The molecule has 2 aromatic carbocycles. The third-order valence-electron chi connectivity index (χ3n) is 4.73. The van der Waals surface area contributed by atoms with E-state index in [-0.39, 0.29) is 23.2 Å². The molecule has 1 atom stereocenters.